The standard InChI is InChI=1S/C11H14Br2ClNO2S/c1-8(2)15(6-5-14)18(16,17)11-7-9(12)3-4-10(11)13/h3-4,7-8H,5-6H2,1-2H3. The van der Waals surface area contributed by atoms with Crippen LogP contribution in [0, 0.1) is 0 Å². The van der Waals surface area contributed by atoms with Crippen LogP contribution < -0.4 is 0 Å². The molecule has 0 unspecified atom stereocenters. The predicted octanol–water partition coefficient (Wildman–Crippen LogP) is 3.85. The molecule has 0 spiro atoms. The summed E-state index contributed by atoms with van der Waals surface area (Å²) in [7, 11) is -3.54. The molecule has 0 atom stereocenters. The number of benzene rings is 1. The lowest BCUT2D eigenvalue weighted by Gasteiger charge is -2.25. The fraction of sp³-hybridized carbons (Fsp3) is 0.455. The van der Waals surface area contributed by atoms with Crippen molar-refractivity contribution in [2.75, 3.05) is 12.4 Å². The summed E-state index contributed by atoms with van der Waals surface area (Å²) in [6.07, 6.45) is 0. The summed E-state index contributed by atoms with van der Waals surface area (Å²) in [6, 6.07) is 4.93. The first-order valence-corrected chi connectivity index (χ1v) is 8.89. The molecule has 0 heterocycles. The summed E-state index contributed by atoms with van der Waals surface area (Å²) in [5, 5.41) is 0. The average molecular weight is 420 g/mol. The monoisotopic (exact) mass is 417 g/mol. The van der Waals surface area contributed by atoms with E-state index in [1.54, 1.807) is 18.2 Å². The molecule has 0 aliphatic heterocycles. The van der Waals surface area contributed by atoms with Crippen LogP contribution in [-0.2, 0) is 10.0 Å². The lowest BCUT2D eigenvalue weighted by molar-refractivity contribution is 0.370. The van der Waals surface area contributed by atoms with Crippen molar-refractivity contribution in [2.45, 2.75) is 24.8 Å². The zero-order chi connectivity index (χ0) is 13.9. The molecule has 0 aromatic heterocycles. The molecule has 1 aromatic carbocycles. The van der Waals surface area contributed by atoms with Crippen molar-refractivity contribution in [1.82, 2.24) is 4.31 Å². The van der Waals surface area contributed by atoms with Gasteiger partial charge in [0.1, 0.15) is 0 Å². The van der Waals surface area contributed by atoms with Crippen LogP contribution in [0.3, 0.4) is 0 Å². The van der Waals surface area contributed by atoms with Gasteiger partial charge >= 0.3 is 0 Å². The molecule has 0 saturated heterocycles. The molecule has 0 bridgehead atoms. The maximum Gasteiger partial charge on any atom is 0.244 e. The van der Waals surface area contributed by atoms with Gasteiger partial charge in [-0.1, -0.05) is 15.9 Å². The Morgan fingerprint density at radius 2 is 1.94 bits per heavy atom. The SMILES string of the molecule is CC(C)N(CCCl)S(=O)(=O)c1cc(Br)ccc1Br. The van der Waals surface area contributed by atoms with E-state index in [0.717, 1.165) is 4.47 Å². The van der Waals surface area contributed by atoms with Crippen molar-refractivity contribution in [3.63, 3.8) is 0 Å². The molecule has 0 saturated carbocycles. The Hall–Kier alpha value is 0.380. The van der Waals surface area contributed by atoms with Crippen LogP contribution in [0.5, 0.6) is 0 Å². The number of halogens is 3. The highest BCUT2D eigenvalue weighted by Gasteiger charge is 2.28. The molecule has 18 heavy (non-hydrogen) atoms. The lowest BCUT2D eigenvalue weighted by Crippen LogP contribution is -2.38. The molecule has 0 aliphatic carbocycles. The minimum absolute atomic E-state index is 0.139. The lowest BCUT2D eigenvalue weighted by atomic mass is 10.4. The highest BCUT2D eigenvalue weighted by molar-refractivity contribution is 9.11. The Bertz CT molecular complexity index is 520. The molecule has 102 valence electrons. The highest BCUT2D eigenvalue weighted by atomic mass is 79.9. The number of sulfonamides is 1. The Morgan fingerprint density at radius 1 is 1.33 bits per heavy atom. The Morgan fingerprint density at radius 3 is 2.44 bits per heavy atom. The van der Waals surface area contributed by atoms with Crippen molar-refractivity contribution in [3.05, 3.63) is 27.1 Å². The van der Waals surface area contributed by atoms with Gasteiger partial charge in [-0.3, -0.25) is 0 Å². The number of alkyl halides is 1. The van der Waals surface area contributed by atoms with Gasteiger partial charge in [0.05, 0.1) is 4.90 Å². The van der Waals surface area contributed by atoms with Gasteiger partial charge in [-0.25, -0.2) is 8.42 Å². The van der Waals surface area contributed by atoms with Gasteiger partial charge in [0.15, 0.2) is 0 Å². The molecular formula is C11H14Br2ClNO2S. The fourth-order valence-corrected chi connectivity index (χ4v) is 4.93. The van der Waals surface area contributed by atoms with Gasteiger partial charge in [-0.05, 0) is 48.0 Å². The highest BCUT2D eigenvalue weighted by Crippen LogP contribution is 2.29. The molecule has 1 rings (SSSR count). The topological polar surface area (TPSA) is 37.4 Å². The van der Waals surface area contributed by atoms with Crippen molar-refractivity contribution < 1.29 is 8.42 Å². The third-order valence-electron chi connectivity index (χ3n) is 2.36. The maximum absolute atomic E-state index is 12.6. The first-order chi connectivity index (χ1) is 8.30. The number of hydrogen-bond acceptors (Lipinski definition) is 2. The van der Waals surface area contributed by atoms with E-state index in [-0.39, 0.29) is 16.8 Å². The van der Waals surface area contributed by atoms with Gasteiger partial charge in [0, 0.05) is 27.4 Å². The van der Waals surface area contributed by atoms with E-state index in [1.807, 2.05) is 13.8 Å². The summed E-state index contributed by atoms with van der Waals surface area (Å²) < 4.78 is 27.8. The minimum Gasteiger partial charge on any atom is -0.207 e. The average Bonchev–Trinajstić information content (AvgIpc) is 2.28. The molecule has 0 fully saturated rings. The quantitative estimate of drug-likeness (QED) is 0.680. The van der Waals surface area contributed by atoms with Crippen molar-refractivity contribution >= 4 is 53.5 Å². The predicted molar refractivity (Wildman–Crippen MR) is 81.6 cm³/mol. The largest absolute Gasteiger partial charge is 0.244 e. The number of hydrogen-bond donors (Lipinski definition) is 0. The molecule has 0 radical (unpaired) electrons. The molecule has 0 aliphatic rings. The molecule has 3 nitrogen and oxygen atoms in total. The number of rotatable bonds is 5. The van der Waals surface area contributed by atoms with Gasteiger partial charge in [-0.2, -0.15) is 4.31 Å². The minimum atomic E-state index is -3.54. The van der Waals surface area contributed by atoms with E-state index in [0.29, 0.717) is 11.0 Å². The third-order valence-corrected chi connectivity index (χ3v) is 6.09. The Balaban J connectivity index is 3.30. The maximum atomic E-state index is 12.6. The van der Waals surface area contributed by atoms with Crippen LogP contribution >= 0.6 is 43.5 Å². The van der Waals surface area contributed by atoms with Gasteiger partial charge in [0.2, 0.25) is 10.0 Å². The molecule has 1 aromatic rings. The second-order valence-electron chi connectivity index (χ2n) is 3.97. The second kappa shape index (κ2) is 6.70. The van der Waals surface area contributed by atoms with Crippen LogP contribution in [0.25, 0.3) is 0 Å². The van der Waals surface area contributed by atoms with E-state index in [2.05, 4.69) is 31.9 Å². The van der Waals surface area contributed by atoms with Crippen LogP contribution in [0.1, 0.15) is 13.8 Å². The first kappa shape index (κ1) is 16.4. The van der Waals surface area contributed by atoms with Gasteiger partial charge in [-0.15, -0.1) is 11.6 Å². The molecule has 7 heteroatoms. The fourth-order valence-electron chi connectivity index (χ4n) is 1.54. The van der Waals surface area contributed by atoms with Crippen LogP contribution in [-0.4, -0.2) is 31.2 Å². The zero-order valence-corrected chi connectivity index (χ0v) is 14.8. The summed E-state index contributed by atoms with van der Waals surface area (Å²) in [5.74, 6) is 0.267. The molecular weight excluding hydrogens is 405 g/mol. The molecule has 0 N–H and O–H groups in total. The van der Waals surface area contributed by atoms with Crippen molar-refractivity contribution in [2.24, 2.45) is 0 Å². The van der Waals surface area contributed by atoms with E-state index in [9.17, 15) is 8.42 Å². The van der Waals surface area contributed by atoms with Gasteiger partial charge < -0.3 is 0 Å². The van der Waals surface area contributed by atoms with Crippen LogP contribution in [0.15, 0.2) is 32.0 Å². The van der Waals surface area contributed by atoms with Gasteiger partial charge in [0.25, 0.3) is 0 Å². The van der Waals surface area contributed by atoms with E-state index in [4.69, 9.17) is 11.6 Å². The normalized spacial score (nSPS) is 12.4. The smallest absolute Gasteiger partial charge is 0.207 e. The second-order valence-corrected chi connectivity index (χ2v) is 7.98. The van der Waals surface area contributed by atoms with E-state index in [1.165, 1.54) is 4.31 Å². The van der Waals surface area contributed by atoms with Crippen LogP contribution in [0.4, 0.5) is 0 Å². The van der Waals surface area contributed by atoms with E-state index >= 15 is 0 Å². The Labute approximate surface area is 130 Å². The van der Waals surface area contributed by atoms with Crippen LogP contribution in [0.2, 0.25) is 0 Å². The van der Waals surface area contributed by atoms with Crippen molar-refractivity contribution in [1.29, 1.82) is 0 Å². The number of nitrogens with zero attached hydrogens (tertiary/aromatic N) is 1. The summed E-state index contributed by atoms with van der Waals surface area (Å²) in [6.45, 7) is 3.95. The summed E-state index contributed by atoms with van der Waals surface area (Å²) in [5.41, 5.74) is 0. The van der Waals surface area contributed by atoms with Crippen molar-refractivity contribution in [3.8, 4) is 0 Å². The van der Waals surface area contributed by atoms with E-state index < -0.39 is 10.0 Å². The summed E-state index contributed by atoms with van der Waals surface area (Å²) >= 11 is 12.2. The third kappa shape index (κ3) is 3.70. The molecule has 0 amide bonds. The Kier molecular flexibility index (Phi) is 6.12. The first-order valence-electron chi connectivity index (χ1n) is 5.33. The zero-order valence-electron chi connectivity index (χ0n) is 10.0. The summed E-state index contributed by atoms with van der Waals surface area (Å²) in [4.78, 5) is 0.246.